The van der Waals surface area contributed by atoms with Gasteiger partial charge in [0.05, 0.1) is 6.20 Å². The first kappa shape index (κ1) is 23.9. The van der Waals surface area contributed by atoms with Crippen molar-refractivity contribution in [3.63, 3.8) is 0 Å². The van der Waals surface area contributed by atoms with Gasteiger partial charge in [-0.25, -0.2) is 4.98 Å². The van der Waals surface area contributed by atoms with Crippen LogP contribution in [0.15, 0.2) is 77.5 Å². The third-order valence-electron chi connectivity index (χ3n) is 5.96. The Labute approximate surface area is 202 Å². The SMILES string of the molecule is CN(C(=O)C(=O)C(Cc1ccccc1)NC(=O)C1CCC(=O)N1Cc1ccccc1)c1ncco1. The van der Waals surface area contributed by atoms with Gasteiger partial charge in [-0.2, -0.15) is 0 Å². The van der Waals surface area contributed by atoms with Gasteiger partial charge >= 0.3 is 6.01 Å². The van der Waals surface area contributed by atoms with Crippen molar-refractivity contribution >= 4 is 29.5 Å². The summed E-state index contributed by atoms with van der Waals surface area (Å²) in [6, 6.07) is 16.6. The maximum Gasteiger partial charge on any atom is 0.304 e. The number of likely N-dealkylation sites (N-methyl/N-ethyl adjacent to an activating group) is 1. The smallest absolute Gasteiger partial charge is 0.304 e. The summed E-state index contributed by atoms with van der Waals surface area (Å²) in [4.78, 5) is 58.4. The zero-order valence-corrected chi connectivity index (χ0v) is 19.3. The van der Waals surface area contributed by atoms with Gasteiger partial charge in [0.2, 0.25) is 17.6 Å². The van der Waals surface area contributed by atoms with Gasteiger partial charge in [0.15, 0.2) is 0 Å². The van der Waals surface area contributed by atoms with E-state index in [1.165, 1.54) is 24.4 Å². The number of amides is 3. The first-order chi connectivity index (χ1) is 16.9. The average molecular weight is 475 g/mol. The minimum Gasteiger partial charge on any atom is -0.432 e. The second-order valence-electron chi connectivity index (χ2n) is 8.36. The van der Waals surface area contributed by atoms with E-state index >= 15 is 0 Å². The van der Waals surface area contributed by atoms with Crippen molar-refractivity contribution in [1.82, 2.24) is 15.2 Å². The van der Waals surface area contributed by atoms with E-state index in [0.29, 0.717) is 13.0 Å². The molecule has 9 nitrogen and oxygen atoms in total. The molecular formula is C26H26N4O5. The predicted molar refractivity (Wildman–Crippen MR) is 127 cm³/mol. The zero-order chi connectivity index (χ0) is 24.8. The molecule has 35 heavy (non-hydrogen) atoms. The fourth-order valence-electron chi connectivity index (χ4n) is 4.09. The summed E-state index contributed by atoms with van der Waals surface area (Å²) >= 11 is 0. The average Bonchev–Trinajstić information content (AvgIpc) is 3.54. The normalized spacial score (nSPS) is 16.1. The number of Topliss-reactive ketones (excluding diaryl/α,β-unsaturated/α-hetero) is 1. The Kier molecular flexibility index (Phi) is 7.35. The van der Waals surface area contributed by atoms with Crippen LogP contribution in [-0.2, 0) is 32.1 Å². The van der Waals surface area contributed by atoms with Crippen LogP contribution in [0.3, 0.4) is 0 Å². The molecule has 2 aromatic carbocycles. The highest BCUT2D eigenvalue weighted by Crippen LogP contribution is 2.22. The molecule has 9 heteroatoms. The van der Waals surface area contributed by atoms with Crippen molar-refractivity contribution in [3.8, 4) is 0 Å². The number of anilines is 1. The standard InChI is InChI=1S/C26H26N4O5/c1-29(26-27-14-15-35-26)25(34)23(32)20(16-18-8-4-2-5-9-18)28-24(33)21-12-13-22(31)30(21)17-19-10-6-3-7-11-19/h2-11,14-15,20-21H,12-13,16-17H2,1H3,(H,28,33). The minimum atomic E-state index is -1.12. The lowest BCUT2D eigenvalue weighted by atomic mass is 10.0. The number of nitrogens with zero attached hydrogens (tertiary/aromatic N) is 3. The maximum atomic E-state index is 13.3. The molecule has 1 aliphatic heterocycles. The molecule has 0 aliphatic carbocycles. The quantitative estimate of drug-likeness (QED) is 0.476. The number of nitrogens with one attached hydrogen (secondary N) is 1. The minimum absolute atomic E-state index is 0.0245. The molecule has 3 aromatic rings. The van der Waals surface area contributed by atoms with Gasteiger partial charge in [0, 0.05) is 26.4 Å². The van der Waals surface area contributed by atoms with Gasteiger partial charge in [-0.15, -0.1) is 0 Å². The Morgan fingerprint density at radius 2 is 1.74 bits per heavy atom. The molecule has 1 aromatic heterocycles. The number of likely N-dealkylation sites (tertiary alicyclic amines) is 1. The van der Waals surface area contributed by atoms with E-state index in [0.717, 1.165) is 16.0 Å². The summed E-state index contributed by atoms with van der Waals surface area (Å²) in [5, 5.41) is 2.74. The Hall–Kier alpha value is -4.27. The zero-order valence-electron chi connectivity index (χ0n) is 19.3. The molecule has 0 spiro atoms. The van der Waals surface area contributed by atoms with Crippen LogP contribution in [0.4, 0.5) is 6.01 Å². The Morgan fingerprint density at radius 1 is 1.09 bits per heavy atom. The fourth-order valence-corrected chi connectivity index (χ4v) is 4.09. The third-order valence-corrected chi connectivity index (χ3v) is 5.96. The molecule has 0 radical (unpaired) electrons. The maximum absolute atomic E-state index is 13.3. The molecule has 0 saturated carbocycles. The summed E-state index contributed by atoms with van der Waals surface area (Å²) in [6.45, 7) is 0.293. The van der Waals surface area contributed by atoms with Crippen molar-refractivity contribution in [1.29, 1.82) is 0 Å². The molecule has 2 atom stereocenters. The lowest BCUT2D eigenvalue weighted by Crippen LogP contribution is -2.53. The van der Waals surface area contributed by atoms with Crippen molar-refractivity contribution in [2.75, 3.05) is 11.9 Å². The number of carbonyl (C=O) groups excluding carboxylic acids is 4. The summed E-state index contributed by atoms with van der Waals surface area (Å²) in [5.41, 5.74) is 1.68. The summed E-state index contributed by atoms with van der Waals surface area (Å²) < 4.78 is 5.12. The van der Waals surface area contributed by atoms with Crippen LogP contribution in [0.25, 0.3) is 0 Å². The first-order valence-corrected chi connectivity index (χ1v) is 11.3. The van der Waals surface area contributed by atoms with Crippen molar-refractivity contribution in [2.45, 2.75) is 37.9 Å². The van der Waals surface area contributed by atoms with Crippen LogP contribution in [-0.4, -0.2) is 52.5 Å². The number of aromatic nitrogens is 1. The Bertz CT molecular complexity index is 1180. The number of carbonyl (C=O) groups is 4. The summed E-state index contributed by atoms with van der Waals surface area (Å²) in [6.07, 6.45) is 3.37. The fraction of sp³-hybridized carbons (Fsp3) is 0.269. The van der Waals surface area contributed by atoms with Gasteiger partial charge in [-0.05, 0) is 17.5 Å². The molecule has 1 fully saturated rings. The van der Waals surface area contributed by atoms with Gasteiger partial charge in [0.1, 0.15) is 18.3 Å². The largest absolute Gasteiger partial charge is 0.432 e. The molecule has 2 heterocycles. The van der Waals surface area contributed by atoms with Crippen LogP contribution in [0.5, 0.6) is 0 Å². The van der Waals surface area contributed by atoms with Gasteiger partial charge in [-0.1, -0.05) is 60.7 Å². The van der Waals surface area contributed by atoms with Gasteiger partial charge in [0.25, 0.3) is 5.91 Å². The molecule has 1 aliphatic rings. The molecule has 1 N–H and O–H groups in total. The van der Waals surface area contributed by atoms with E-state index in [4.69, 9.17) is 4.42 Å². The van der Waals surface area contributed by atoms with Crippen LogP contribution in [0, 0.1) is 0 Å². The number of hydrogen-bond donors (Lipinski definition) is 1. The molecule has 180 valence electrons. The Balaban J connectivity index is 1.52. The molecule has 2 unspecified atom stereocenters. The number of oxazole rings is 1. The first-order valence-electron chi connectivity index (χ1n) is 11.3. The lowest BCUT2D eigenvalue weighted by molar-refractivity contribution is -0.140. The van der Waals surface area contributed by atoms with E-state index in [1.807, 2.05) is 60.7 Å². The van der Waals surface area contributed by atoms with Crippen LogP contribution < -0.4 is 10.2 Å². The van der Waals surface area contributed by atoms with Gasteiger partial charge < -0.3 is 14.6 Å². The molecular weight excluding hydrogens is 448 g/mol. The third kappa shape index (κ3) is 5.63. The van der Waals surface area contributed by atoms with Crippen LogP contribution in [0.1, 0.15) is 24.0 Å². The molecule has 1 saturated heterocycles. The number of rotatable bonds is 9. The van der Waals surface area contributed by atoms with Crippen LogP contribution in [0.2, 0.25) is 0 Å². The second kappa shape index (κ2) is 10.8. The number of benzene rings is 2. The Morgan fingerprint density at radius 3 is 2.37 bits per heavy atom. The highest BCUT2D eigenvalue weighted by atomic mass is 16.4. The predicted octanol–water partition coefficient (Wildman–Crippen LogP) is 2.13. The summed E-state index contributed by atoms with van der Waals surface area (Å²) in [7, 11) is 1.38. The van der Waals surface area contributed by atoms with Gasteiger partial charge in [-0.3, -0.25) is 24.1 Å². The number of hydrogen-bond acceptors (Lipinski definition) is 6. The molecule has 3 amide bonds. The monoisotopic (exact) mass is 474 g/mol. The van der Waals surface area contributed by atoms with Crippen LogP contribution >= 0.6 is 0 Å². The summed E-state index contributed by atoms with van der Waals surface area (Å²) in [5.74, 6) is -2.26. The second-order valence-corrected chi connectivity index (χ2v) is 8.36. The van der Waals surface area contributed by atoms with E-state index in [2.05, 4.69) is 10.3 Å². The topological polar surface area (TPSA) is 113 Å². The number of ketones is 1. The molecule has 0 bridgehead atoms. The highest BCUT2D eigenvalue weighted by molar-refractivity contribution is 6.43. The van der Waals surface area contributed by atoms with Crippen molar-refractivity contribution in [3.05, 3.63) is 84.3 Å². The van der Waals surface area contributed by atoms with E-state index in [-0.39, 0.29) is 24.8 Å². The van der Waals surface area contributed by atoms with Crippen molar-refractivity contribution in [2.24, 2.45) is 0 Å². The van der Waals surface area contributed by atoms with E-state index in [9.17, 15) is 19.2 Å². The van der Waals surface area contributed by atoms with Crippen molar-refractivity contribution < 1.29 is 23.6 Å². The highest BCUT2D eigenvalue weighted by Gasteiger charge is 2.39. The molecule has 4 rings (SSSR count). The van der Waals surface area contributed by atoms with E-state index in [1.54, 1.807) is 0 Å². The lowest BCUT2D eigenvalue weighted by Gasteiger charge is -2.27. The van der Waals surface area contributed by atoms with E-state index < -0.39 is 29.7 Å².